The molecular formula is C6H7N3O4. The first-order valence-corrected chi connectivity index (χ1v) is 3.43. The van der Waals surface area contributed by atoms with E-state index in [9.17, 15) is 14.9 Å². The van der Waals surface area contributed by atoms with Crippen LogP contribution in [0.4, 0.5) is 5.82 Å². The number of carboxylic acid groups (broad SMARTS) is 1. The highest BCUT2D eigenvalue weighted by atomic mass is 16.6. The molecule has 7 heteroatoms. The number of imidazole rings is 1. The van der Waals surface area contributed by atoms with E-state index in [-0.39, 0.29) is 5.82 Å². The van der Waals surface area contributed by atoms with E-state index in [1.165, 1.54) is 11.5 Å². The molecule has 1 aromatic heterocycles. The van der Waals surface area contributed by atoms with Gasteiger partial charge in [-0.1, -0.05) is 0 Å². The highest BCUT2D eigenvalue weighted by molar-refractivity contribution is 5.71. The van der Waals surface area contributed by atoms with Gasteiger partial charge >= 0.3 is 11.8 Å². The second kappa shape index (κ2) is 3.21. The lowest BCUT2D eigenvalue weighted by Crippen LogP contribution is -2.13. The topological polar surface area (TPSA) is 98.3 Å². The van der Waals surface area contributed by atoms with Gasteiger partial charge in [-0.15, -0.1) is 0 Å². The van der Waals surface area contributed by atoms with E-state index in [1.807, 2.05) is 0 Å². The molecule has 0 aliphatic rings. The van der Waals surface area contributed by atoms with Crippen molar-refractivity contribution in [3.63, 3.8) is 0 Å². The average Bonchev–Trinajstić information content (AvgIpc) is 2.50. The maximum absolute atomic E-state index is 10.5. The Morgan fingerprint density at radius 2 is 2.46 bits per heavy atom. The van der Waals surface area contributed by atoms with E-state index in [4.69, 9.17) is 5.11 Å². The first kappa shape index (κ1) is 9.17. The predicted octanol–water partition coefficient (Wildman–Crippen LogP) is 0.437. The summed E-state index contributed by atoms with van der Waals surface area (Å²) >= 11 is 0. The van der Waals surface area contributed by atoms with Crippen molar-refractivity contribution in [3.05, 3.63) is 22.6 Å². The summed E-state index contributed by atoms with van der Waals surface area (Å²) in [6.45, 7) is 1.41. The van der Waals surface area contributed by atoms with Gasteiger partial charge in [0.1, 0.15) is 12.2 Å². The van der Waals surface area contributed by atoms with Crippen LogP contribution in [0, 0.1) is 10.1 Å². The van der Waals surface area contributed by atoms with Gasteiger partial charge in [0.2, 0.25) is 6.33 Å². The summed E-state index contributed by atoms with van der Waals surface area (Å²) in [5.41, 5.74) is 0. The summed E-state index contributed by atoms with van der Waals surface area (Å²) in [7, 11) is 0. The van der Waals surface area contributed by atoms with Gasteiger partial charge in [0, 0.05) is 0 Å². The molecule has 0 fully saturated rings. The highest BCUT2D eigenvalue weighted by Crippen LogP contribution is 2.11. The van der Waals surface area contributed by atoms with Crippen LogP contribution >= 0.6 is 0 Å². The van der Waals surface area contributed by atoms with Crippen LogP contribution in [0.2, 0.25) is 0 Å². The van der Waals surface area contributed by atoms with E-state index in [2.05, 4.69) is 4.98 Å². The normalized spacial score (nSPS) is 12.4. The fraction of sp³-hybridized carbons (Fsp3) is 0.333. The summed E-state index contributed by atoms with van der Waals surface area (Å²) in [6.07, 6.45) is 2.20. The number of carboxylic acids is 1. The monoisotopic (exact) mass is 185 g/mol. The fourth-order valence-electron chi connectivity index (χ4n) is 0.759. The van der Waals surface area contributed by atoms with Crippen LogP contribution in [-0.2, 0) is 4.79 Å². The number of rotatable bonds is 3. The lowest BCUT2D eigenvalue weighted by atomic mass is 10.3. The zero-order chi connectivity index (χ0) is 10.0. The van der Waals surface area contributed by atoms with Crippen LogP contribution < -0.4 is 0 Å². The molecule has 1 heterocycles. The summed E-state index contributed by atoms with van der Waals surface area (Å²) in [5, 5.41) is 18.8. The molecule has 0 saturated heterocycles. The zero-order valence-electron chi connectivity index (χ0n) is 6.75. The third kappa shape index (κ3) is 1.81. The Labute approximate surface area is 72.8 Å². The molecule has 0 spiro atoms. The minimum atomic E-state index is -1.06. The predicted molar refractivity (Wildman–Crippen MR) is 41.2 cm³/mol. The molecule has 13 heavy (non-hydrogen) atoms. The minimum absolute atomic E-state index is 0.354. The van der Waals surface area contributed by atoms with Crippen molar-refractivity contribution in [3.8, 4) is 0 Å². The van der Waals surface area contributed by atoms with Crippen LogP contribution in [0.25, 0.3) is 0 Å². The molecule has 70 valence electrons. The third-order valence-corrected chi connectivity index (χ3v) is 1.58. The molecule has 0 saturated carbocycles. The summed E-state index contributed by atoms with van der Waals surface area (Å²) in [6, 6.07) is -0.846. The molecular weight excluding hydrogens is 178 g/mol. The smallest absolute Gasteiger partial charge is 0.381 e. The standard InChI is InChI=1S/C6H7N3O4/c1-4(6(10)11)8-2-5(7-3-8)9(12)13/h2-4H,1H3,(H,10,11)/t4-/m1/s1. The van der Waals surface area contributed by atoms with Crippen LogP contribution in [0.15, 0.2) is 12.5 Å². The lowest BCUT2D eigenvalue weighted by Gasteiger charge is -2.03. The molecule has 0 aromatic carbocycles. The Hall–Kier alpha value is -1.92. The molecule has 0 bridgehead atoms. The molecule has 1 rings (SSSR count). The Bertz CT molecular complexity index is 345. The quantitative estimate of drug-likeness (QED) is 0.544. The van der Waals surface area contributed by atoms with Crippen LogP contribution in [0.1, 0.15) is 13.0 Å². The first-order chi connectivity index (χ1) is 6.02. The van der Waals surface area contributed by atoms with Crippen LogP contribution in [0.5, 0.6) is 0 Å². The SMILES string of the molecule is C[C@H](C(=O)O)n1cnc([N+](=O)[O-])c1. The van der Waals surface area contributed by atoms with Gasteiger partial charge < -0.3 is 15.2 Å². The maximum Gasteiger partial charge on any atom is 0.381 e. The van der Waals surface area contributed by atoms with E-state index in [0.717, 1.165) is 12.5 Å². The number of aromatic nitrogens is 2. The first-order valence-electron chi connectivity index (χ1n) is 3.43. The molecule has 1 N–H and O–H groups in total. The summed E-state index contributed by atoms with van der Waals surface area (Å²) < 4.78 is 1.17. The van der Waals surface area contributed by atoms with Crippen molar-refractivity contribution in [2.45, 2.75) is 13.0 Å². The van der Waals surface area contributed by atoms with Gasteiger partial charge in [0.05, 0.1) is 0 Å². The lowest BCUT2D eigenvalue weighted by molar-refractivity contribution is -0.389. The second-order valence-corrected chi connectivity index (χ2v) is 2.45. The molecule has 7 nitrogen and oxygen atoms in total. The Balaban J connectivity index is 2.91. The Morgan fingerprint density at radius 3 is 2.85 bits per heavy atom. The maximum atomic E-state index is 10.5. The number of nitrogens with zero attached hydrogens (tertiary/aromatic N) is 3. The fourth-order valence-corrected chi connectivity index (χ4v) is 0.759. The van der Waals surface area contributed by atoms with Crippen molar-refractivity contribution in [1.29, 1.82) is 0 Å². The van der Waals surface area contributed by atoms with Crippen molar-refractivity contribution in [1.82, 2.24) is 9.55 Å². The van der Waals surface area contributed by atoms with Gasteiger partial charge in [-0.2, -0.15) is 0 Å². The highest BCUT2D eigenvalue weighted by Gasteiger charge is 2.18. The summed E-state index contributed by atoms with van der Waals surface area (Å²) in [4.78, 5) is 23.4. The van der Waals surface area contributed by atoms with Gasteiger partial charge in [-0.3, -0.25) is 4.57 Å². The average molecular weight is 185 g/mol. The van der Waals surface area contributed by atoms with Crippen molar-refractivity contribution in [2.75, 3.05) is 0 Å². The molecule has 1 aromatic rings. The van der Waals surface area contributed by atoms with Gasteiger partial charge in [0.15, 0.2) is 0 Å². The van der Waals surface area contributed by atoms with Crippen molar-refractivity contribution < 1.29 is 14.8 Å². The molecule has 1 atom stereocenters. The largest absolute Gasteiger partial charge is 0.480 e. The van der Waals surface area contributed by atoms with E-state index in [1.54, 1.807) is 0 Å². The van der Waals surface area contributed by atoms with Crippen molar-refractivity contribution in [2.24, 2.45) is 0 Å². The van der Waals surface area contributed by atoms with Crippen LogP contribution in [0.3, 0.4) is 0 Å². The molecule has 0 aliphatic heterocycles. The van der Waals surface area contributed by atoms with Crippen LogP contribution in [-0.4, -0.2) is 25.6 Å². The third-order valence-electron chi connectivity index (χ3n) is 1.58. The van der Waals surface area contributed by atoms with E-state index >= 15 is 0 Å². The number of hydrogen-bond acceptors (Lipinski definition) is 4. The molecule has 0 aliphatic carbocycles. The second-order valence-electron chi connectivity index (χ2n) is 2.45. The van der Waals surface area contributed by atoms with Gasteiger partial charge in [-0.25, -0.2) is 4.79 Å². The van der Waals surface area contributed by atoms with Crippen molar-refractivity contribution >= 4 is 11.8 Å². The Kier molecular flexibility index (Phi) is 2.27. The number of aliphatic carboxylic acids is 1. The number of nitro groups is 1. The number of hydrogen-bond donors (Lipinski definition) is 1. The summed E-state index contributed by atoms with van der Waals surface area (Å²) in [5.74, 6) is -1.42. The Morgan fingerprint density at radius 1 is 1.85 bits per heavy atom. The van der Waals surface area contributed by atoms with E-state index < -0.39 is 16.9 Å². The molecule has 0 radical (unpaired) electrons. The number of carbonyl (C=O) groups is 1. The van der Waals surface area contributed by atoms with Gasteiger partial charge in [0.25, 0.3) is 0 Å². The zero-order valence-corrected chi connectivity index (χ0v) is 6.75. The molecule has 0 amide bonds. The minimum Gasteiger partial charge on any atom is -0.480 e. The van der Waals surface area contributed by atoms with E-state index in [0.29, 0.717) is 0 Å². The van der Waals surface area contributed by atoms with Gasteiger partial charge in [-0.05, 0) is 16.8 Å². The molecule has 0 unspecified atom stereocenters.